The number of hydrogen-bond donors (Lipinski definition) is 3. The minimum atomic E-state index is -0.955. The highest BCUT2D eigenvalue weighted by atomic mass is 16.6. The normalized spacial score (nSPS) is 13.8. The number of nitrogens with one attached hydrogen (secondary N) is 2. The zero-order valence-electron chi connectivity index (χ0n) is 21.0. The molecule has 3 amide bonds. The lowest BCUT2D eigenvalue weighted by atomic mass is 9.98. The molecular formula is C24H39N3O5. The van der Waals surface area contributed by atoms with Gasteiger partial charge in [0, 0.05) is 11.6 Å². The average Bonchev–Trinajstić information content (AvgIpc) is 2.57. The molecule has 1 rings (SSSR count). The van der Waals surface area contributed by atoms with E-state index in [9.17, 15) is 19.5 Å². The van der Waals surface area contributed by atoms with Crippen LogP contribution in [0.5, 0.6) is 5.75 Å². The first-order valence-corrected chi connectivity index (χ1v) is 10.9. The zero-order valence-corrected chi connectivity index (χ0v) is 21.0. The molecule has 0 aliphatic carbocycles. The quantitative estimate of drug-likeness (QED) is 0.612. The van der Waals surface area contributed by atoms with Crippen LogP contribution in [0.4, 0.5) is 4.79 Å². The number of rotatable bonds is 6. The highest BCUT2D eigenvalue weighted by Gasteiger charge is 2.37. The second kappa shape index (κ2) is 10.2. The van der Waals surface area contributed by atoms with Crippen LogP contribution in [0.2, 0.25) is 0 Å². The minimum Gasteiger partial charge on any atom is -0.508 e. The highest BCUT2D eigenvalue weighted by molar-refractivity contribution is 5.92. The van der Waals surface area contributed by atoms with Gasteiger partial charge in [-0.15, -0.1) is 0 Å². The molecule has 32 heavy (non-hydrogen) atoms. The number of nitrogens with zero attached hydrogens (tertiary/aromatic N) is 1. The molecule has 0 radical (unpaired) electrons. The van der Waals surface area contributed by atoms with E-state index in [1.54, 1.807) is 46.8 Å². The van der Waals surface area contributed by atoms with E-state index in [1.807, 2.05) is 34.6 Å². The summed E-state index contributed by atoms with van der Waals surface area (Å²) >= 11 is 0. The van der Waals surface area contributed by atoms with Gasteiger partial charge in [-0.2, -0.15) is 0 Å². The summed E-state index contributed by atoms with van der Waals surface area (Å²) in [6.45, 7) is 17.7. The molecule has 0 aliphatic heterocycles. The third-order valence-electron chi connectivity index (χ3n) is 4.48. The second-order valence-corrected chi connectivity index (χ2v) is 10.4. The van der Waals surface area contributed by atoms with Crippen molar-refractivity contribution in [3.8, 4) is 5.75 Å². The molecule has 2 unspecified atom stereocenters. The molecule has 0 spiro atoms. The highest BCUT2D eigenvalue weighted by Crippen LogP contribution is 2.29. The first kappa shape index (κ1) is 27.3. The summed E-state index contributed by atoms with van der Waals surface area (Å²) in [5, 5.41) is 15.5. The van der Waals surface area contributed by atoms with Crippen LogP contribution in [-0.4, -0.2) is 51.1 Å². The van der Waals surface area contributed by atoms with Crippen LogP contribution in [0.15, 0.2) is 18.2 Å². The Morgan fingerprint density at radius 2 is 1.59 bits per heavy atom. The summed E-state index contributed by atoms with van der Waals surface area (Å²) in [6.07, 6.45) is -0.710. The molecule has 8 heteroatoms. The maximum Gasteiger partial charge on any atom is 0.408 e. The SMILES string of the molecule is Cc1cc(C(C(=O)NC(C)(C)C)N(C(=O)C(C)NC(=O)OC(C)(C)C)C(C)C)ccc1O. The van der Waals surface area contributed by atoms with Gasteiger partial charge in [-0.3, -0.25) is 9.59 Å². The molecule has 0 heterocycles. The van der Waals surface area contributed by atoms with Crippen LogP contribution < -0.4 is 10.6 Å². The van der Waals surface area contributed by atoms with E-state index in [2.05, 4.69) is 10.6 Å². The minimum absolute atomic E-state index is 0.103. The van der Waals surface area contributed by atoms with E-state index >= 15 is 0 Å². The van der Waals surface area contributed by atoms with Gasteiger partial charge < -0.3 is 25.4 Å². The number of phenolic OH excluding ortho intramolecular Hbond substituents is 1. The number of phenols is 1. The molecular weight excluding hydrogens is 410 g/mol. The Labute approximate surface area is 191 Å². The number of carbonyl (C=O) groups is 3. The molecule has 0 saturated heterocycles. The number of carbonyl (C=O) groups excluding carboxylic acids is 3. The number of ether oxygens (including phenoxy) is 1. The summed E-state index contributed by atoms with van der Waals surface area (Å²) in [5.74, 6) is -0.675. The Kier molecular flexibility index (Phi) is 8.72. The molecule has 2 atom stereocenters. The molecule has 0 aromatic heterocycles. The summed E-state index contributed by atoms with van der Waals surface area (Å²) in [5.41, 5.74) is -0.0721. The average molecular weight is 450 g/mol. The molecule has 8 nitrogen and oxygen atoms in total. The summed E-state index contributed by atoms with van der Waals surface area (Å²) < 4.78 is 5.26. The third kappa shape index (κ3) is 8.05. The van der Waals surface area contributed by atoms with E-state index in [0.717, 1.165) is 0 Å². The summed E-state index contributed by atoms with van der Waals surface area (Å²) in [7, 11) is 0. The van der Waals surface area contributed by atoms with Crippen molar-refractivity contribution in [3.05, 3.63) is 29.3 Å². The maximum absolute atomic E-state index is 13.4. The van der Waals surface area contributed by atoms with Crippen LogP contribution in [0, 0.1) is 6.92 Å². The fraction of sp³-hybridized carbons (Fsp3) is 0.625. The smallest absolute Gasteiger partial charge is 0.408 e. The van der Waals surface area contributed by atoms with Crippen LogP contribution >= 0.6 is 0 Å². The monoisotopic (exact) mass is 449 g/mol. The first-order valence-electron chi connectivity index (χ1n) is 10.9. The summed E-state index contributed by atoms with van der Waals surface area (Å²) in [6, 6.07) is 2.60. The van der Waals surface area contributed by atoms with Crippen molar-refractivity contribution in [1.29, 1.82) is 0 Å². The number of aryl methyl sites for hydroxylation is 1. The molecule has 0 aliphatic rings. The lowest BCUT2D eigenvalue weighted by molar-refractivity contribution is -0.144. The van der Waals surface area contributed by atoms with Crippen molar-refractivity contribution in [1.82, 2.24) is 15.5 Å². The fourth-order valence-corrected chi connectivity index (χ4v) is 3.17. The number of benzene rings is 1. The van der Waals surface area contributed by atoms with E-state index in [4.69, 9.17) is 4.74 Å². The van der Waals surface area contributed by atoms with Gasteiger partial charge in [0.25, 0.3) is 0 Å². The lowest BCUT2D eigenvalue weighted by Crippen LogP contribution is -2.55. The van der Waals surface area contributed by atoms with Crippen molar-refractivity contribution in [3.63, 3.8) is 0 Å². The van der Waals surface area contributed by atoms with Crippen molar-refractivity contribution in [2.45, 2.75) is 98.5 Å². The molecule has 0 bridgehead atoms. The fourth-order valence-electron chi connectivity index (χ4n) is 3.17. The van der Waals surface area contributed by atoms with E-state index in [-0.39, 0.29) is 17.7 Å². The van der Waals surface area contributed by atoms with Crippen molar-refractivity contribution in [2.24, 2.45) is 0 Å². The number of amides is 3. The molecule has 0 fully saturated rings. The largest absolute Gasteiger partial charge is 0.508 e. The van der Waals surface area contributed by atoms with Crippen LogP contribution in [-0.2, 0) is 14.3 Å². The van der Waals surface area contributed by atoms with Gasteiger partial charge in [0.1, 0.15) is 23.4 Å². The van der Waals surface area contributed by atoms with Gasteiger partial charge in [-0.1, -0.05) is 6.07 Å². The Hall–Kier alpha value is -2.77. The second-order valence-electron chi connectivity index (χ2n) is 10.4. The van der Waals surface area contributed by atoms with Gasteiger partial charge >= 0.3 is 6.09 Å². The van der Waals surface area contributed by atoms with Crippen LogP contribution in [0.1, 0.15) is 79.5 Å². The van der Waals surface area contributed by atoms with E-state index in [0.29, 0.717) is 11.1 Å². The molecule has 180 valence electrons. The molecule has 0 saturated carbocycles. The third-order valence-corrected chi connectivity index (χ3v) is 4.48. The topological polar surface area (TPSA) is 108 Å². The van der Waals surface area contributed by atoms with Crippen molar-refractivity contribution in [2.75, 3.05) is 0 Å². The summed E-state index contributed by atoms with van der Waals surface area (Å²) in [4.78, 5) is 40.5. The number of aromatic hydroxyl groups is 1. The Morgan fingerprint density at radius 1 is 1.03 bits per heavy atom. The van der Waals surface area contributed by atoms with Gasteiger partial charge in [-0.25, -0.2) is 4.79 Å². The predicted molar refractivity (Wildman–Crippen MR) is 124 cm³/mol. The molecule has 1 aromatic rings. The molecule has 1 aromatic carbocycles. The lowest BCUT2D eigenvalue weighted by Gasteiger charge is -2.38. The van der Waals surface area contributed by atoms with E-state index < -0.39 is 35.2 Å². The number of hydrogen-bond acceptors (Lipinski definition) is 5. The predicted octanol–water partition coefficient (Wildman–Crippen LogP) is 3.81. The van der Waals surface area contributed by atoms with Gasteiger partial charge in [-0.05, 0) is 92.5 Å². The Balaban J connectivity index is 3.37. The zero-order chi connectivity index (χ0) is 25.0. The van der Waals surface area contributed by atoms with Gasteiger partial charge in [0.15, 0.2) is 0 Å². The van der Waals surface area contributed by atoms with Crippen LogP contribution in [0.25, 0.3) is 0 Å². The maximum atomic E-state index is 13.4. The van der Waals surface area contributed by atoms with Gasteiger partial charge in [0.05, 0.1) is 0 Å². The Morgan fingerprint density at radius 3 is 2.03 bits per heavy atom. The first-order chi connectivity index (χ1) is 14.4. The van der Waals surface area contributed by atoms with E-state index in [1.165, 1.54) is 11.0 Å². The van der Waals surface area contributed by atoms with Crippen LogP contribution in [0.3, 0.4) is 0 Å². The van der Waals surface area contributed by atoms with Crippen molar-refractivity contribution >= 4 is 17.9 Å². The standard InChI is InChI=1S/C24H39N3O5/c1-14(2)27(21(30)16(4)25-22(31)32-24(8,9)10)19(20(29)26-23(5,6)7)17-11-12-18(28)15(3)13-17/h11-14,16,19,28H,1-10H3,(H,25,31)(H,26,29). The van der Waals surface area contributed by atoms with Gasteiger partial charge in [0.2, 0.25) is 11.8 Å². The molecule has 3 N–H and O–H groups in total. The van der Waals surface area contributed by atoms with Crippen molar-refractivity contribution < 1.29 is 24.2 Å². The Bertz CT molecular complexity index is 837. The number of alkyl carbamates (subject to hydrolysis) is 1.